The molecule has 0 saturated carbocycles. The van der Waals surface area contributed by atoms with Crippen LogP contribution in [0, 0.1) is 0 Å². The van der Waals surface area contributed by atoms with E-state index >= 15 is 0 Å². The van der Waals surface area contributed by atoms with Crippen molar-refractivity contribution >= 4 is 10.0 Å². The fourth-order valence-electron chi connectivity index (χ4n) is 1.71. The molecule has 0 aliphatic carbocycles. The molecular formula is C13H14N2O4S. The molecule has 2 rings (SSSR count). The van der Waals surface area contributed by atoms with E-state index in [9.17, 15) is 13.2 Å². The number of nitrogens with one attached hydrogen (secondary N) is 2. The summed E-state index contributed by atoms with van der Waals surface area (Å²) < 4.78 is 31.6. The molecule has 1 aromatic heterocycles. The third-order valence-corrected chi connectivity index (χ3v) is 4.15. The number of pyridine rings is 1. The van der Waals surface area contributed by atoms with Crippen LogP contribution in [0.3, 0.4) is 0 Å². The molecule has 0 amide bonds. The number of hydrogen-bond donors (Lipinski definition) is 2. The van der Waals surface area contributed by atoms with E-state index in [-0.39, 0.29) is 11.4 Å². The van der Waals surface area contributed by atoms with Crippen LogP contribution in [0.5, 0.6) is 5.75 Å². The number of para-hydroxylation sites is 1. The maximum atomic E-state index is 12.1. The van der Waals surface area contributed by atoms with Crippen molar-refractivity contribution in [3.05, 3.63) is 58.5 Å². The Hall–Kier alpha value is -2.12. The smallest absolute Gasteiger partial charge is 0.246 e. The normalized spacial score (nSPS) is 11.2. The summed E-state index contributed by atoms with van der Waals surface area (Å²) in [4.78, 5) is 13.8. The number of benzene rings is 1. The molecule has 7 heteroatoms. The summed E-state index contributed by atoms with van der Waals surface area (Å²) in [6.45, 7) is 0.0423. The number of sulfonamides is 1. The topological polar surface area (TPSA) is 88.3 Å². The second kappa shape index (κ2) is 5.89. The standard InChI is InChI=1S/C13H14N2O4S/c1-19-12-5-3-2-4-10(12)8-15-20(17,18)13-9-14-7-6-11(13)16/h2-7,9,15H,8H2,1H3,(H,14,16). The Morgan fingerprint density at radius 1 is 1.25 bits per heavy atom. The van der Waals surface area contributed by atoms with Gasteiger partial charge in [-0.1, -0.05) is 18.2 Å². The van der Waals surface area contributed by atoms with Crippen molar-refractivity contribution in [1.82, 2.24) is 9.71 Å². The summed E-state index contributed by atoms with van der Waals surface area (Å²) in [5.74, 6) is 0.581. The van der Waals surface area contributed by atoms with Crippen molar-refractivity contribution in [2.45, 2.75) is 11.4 Å². The number of ether oxygens (including phenoxy) is 1. The second-order valence-electron chi connectivity index (χ2n) is 4.01. The average Bonchev–Trinajstić information content (AvgIpc) is 2.46. The van der Waals surface area contributed by atoms with Gasteiger partial charge in [0, 0.05) is 30.6 Å². The molecule has 0 saturated heterocycles. The highest BCUT2D eigenvalue weighted by atomic mass is 32.2. The first kappa shape index (κ1) is 14.3. The lowest BCUT2D eigenvalue weighted by atomic mass is 10.2. The maximum absolute atomic E-state index is 12.1. The van der Waals surface area contributed by atoms with E-state index in [1.807, 2.05) is 0 Å². The molecular weight excluding hydrogens is 280 g/mol. The third kappa shape index (κ3) is 3.06. The van der Waals surface area contributed by atoms with Gasteiger partial charge in [-0.25, -0.2) is 13.1 Å². The predicted molar refractivity (Wildman–Crippen MR) is 74.1 cm³/mol. The molecule has 0 aliphatic heterocycles. The van der Waals surface area contributed by atoms with Gasteiger partial charge in [-0.2, -0.15) is 0 Å². The molecule has 1 aromatic carbocycles. The predicted octanol–water partition coefficient (Wildman–Crippen LogP) is 0.862. The van der Waals surface area contributed by atoms with Crippen LogP contribution in [0.25, 0.3) is 0 Å². The van der Waals surface area contributed by atoms with Gasteiger partial charge in [0.05, 0.1) is 7.11 Å². The molecule has 0 unspecified atom stereocenters. The van der Waals surface area contributed by atoms with Crippen LogP contribution in [0.15, 0.2) is 52.4 Å². The zero-order valence-electron chi connectivity index (χ0n) is 10.8. The lowest BCUT2D eigenvalue weighted by Gasteiger charge is -2.09. The molecule has 0 fully saturated rings. The van der Waals surface area contributed by atoms with Crippen LogP contribution in [-0.2, 0) is 16.6 Å². The Balaban J connectivity index is 2.22. The van der Waals surface area contributed by atoms with Crippen molar-refractivity contribution in [3.8, 4) is 5.75 Å². The lowest BCUT2D eigenvalue weighted by molar-refractivity contribution is 0.409. The fourth-order valence-corrected chi connectivity index (χ4v) is 2.77. The van der Waals surface area contributed by atoms with Gasteiger partial charge >= 0.3 is 0 Å². The zero-order valence-corrected chi connectivity index (χ0v) is 11.6. The number of rotatable bonds is 5. The van der Waals surface area contributed by atoms with Gasteiger partial charge in [-0.3, -0.25) is 4.79 Å². The van der Waals surface area contributed by atoms with Crippen molar-refractivity contribution in [2.75, 3.05) is 7.11 Å². The van der Waals surface area contributed by atoms with Crippen LogP contribution in [0.1, 0.15) is 5.56 Å². The molecule has 2 aromatic rings. The molecule has 1 heterocycles. The minimum absolute atomic E-state index is 0.0423. The van der Waals surface area contributed by atoms with Crippen LogP contribution in [0.4, 0.5) is 0 Å². The van der Waals surface area contributed by atoms with E-state index < -0.39 is 15.5 Å². The second-order valence-corrected chi connectivity index (χ2v) is 5.74. The quantitative estimate of drug-likeness (QED) is 0.856. The molecule has 2 N–H and O–H groups in total. The van der Waals surface area contributed by atoms with Crippen LogP contribution in [-0.4, -0.2) is 20.5 Å². The summed E-state index contributed by atoms with van der Waals surface area (Å²) in [5.41, 5.74) is 0.127. The van der Waals surface area contributed by atoms with Crippen LogP contribution in [0.2, 0.25) is 0 Å². The highest BCUT2D eigenvalue weighted by Crippen LogP contribution is 2.17. The molecule has 0 atom stereocenters. The number of aromatic amines is 1. The van der Waals surface area contributed by atoms with Gasteiger partial charge in [0.2, 0.25) is 15.5 Å². The minimum Gasteiger partial charge on any atom is -0.496 e. The van der Waals surface area contributed by atoms with Gasteiger partial charge in [0.25, 0.3) is 0 Å². The Bertz CT molecular complexity index is 753. The van der Waals surface area contributed by atoms with E-state index in [0.717, 1.165) is 12.3 Å². The Kier molecular flexibility index (Phi) is 4.21. The van der Waals surface area contributed by atoms with Gasteiger partial charge in [-0.05, 0) is 6.07 Å². The summed E-state index contributed by atoms with van der Waals surface area (Å²) in [5, 5.41) is 0. The fraction of sp³-hybridized carbons (Fsp3) is 0.154. The minimum atomic E-state index is -3.86. The van der Waals surface area contributed by atoms with E-state index in [1.165, 1.54) is 13.3 Å². The number of aromatic nitrogens is 1. The molecule has 0 bridgehead atoms. The first-order valence-corrected chi connectivity index (χ1v) is 7.31. The van der Waals surface area contributed by atoms with Crippen molar-refractivity contribution in [1.29, 1.82) is 0 Å². The Labute approximate surface area is 116 Å². The molecule has 106 valence electrons. The van der Waals surface area contributed by atoms with Crippen LogP contribution >= 0.6 is 0 Å². The van der Waals surface area contributed by atoms with Gasteiger partial charge in [0.1, 0.15) is 10.6 Å². The summed E-state index contributed by atoms with van der Waals surface area (Å²) >= 11 is 0. The number of methoxy groups -OCH3 is 1. The Morgan fingerprint density at radius 3 is 2.70 bits per heavy atom. The highest BCUT2D eigenvalue weighted by Gasteiger charge is 2.17. The van der Waals surface area contributed by atoms with E-state index in [0.29, 0.717) is 11.3 Å². The zero-order chi connectivity index (χ0) is 14.6. The summed E-state index contributed by atoms with van der Waals surface area (Å²) in [6, 6.07) is 8.22. The third-order valence-electron chi connectivity index (χ3n) is 2.72. The molecule has 20 heavy (non-hydrogen) atoms. The van der Waals surface area contributed by atoms with Gasteiger partial charge in [-0.15, -0.1) is 0 Å². The first-order valence-electron chi connectivity index (χ1n) is 5.83. The van der Waals surface area contributed by atoms with Crippen molar-refractivity contribution in [2.24, 2.45) is 0 Å². The molecule has 0 radical (unpaired) electrons. The number of H-pyrrole nitrogens is 1. The molecule has 0 spiro atoms. The average molecular weight is 294 g/mol. The van der Waals surface area contributed by atoms with Crippen molar-refractivity contribution in [3.63, 3.8) is 0 Å². The lowest BCUT2D eigenvalue weighted by Crippen LogP contribution is -2.28. The Morgan fingerprint density at radius 2 is 2.00 bits per heavy atom. The number of hydrogen-bond acceptors (Lipinski definition) is 4. The highest BCUT2D eigenvalue weighted by molar-refractivity contribution is 7.89. The summed E-state index contributed by atoms with van der Waals surface area (Å²) in [7, 11) is -2.35. The van der Waals surface area contributed by atoms with E-state index in [2.05, 4.69) is 9.71 Å². The van der Waals surface area contributed by atoms with E-state index in [4.69, 9.17) is 4.74 Å². The van der Waals surface area contributed by atoms with E-state index in [1.54, 1.807) is 24.3 Å². The summed E-state index contributed by atoms with van der Waals surface area (Å²) in [6.07, 6.45) is 2.54. The monoisotopic (exact) mass is 294 g/mol. The van der Waals surface area contributed by atoms with Crippen molar-refractivity contribution < 1.29 is 13.2 Å². The largest absolute Gasteiger partial charge is 0.496 e. The SMILES string of the molecule is COc1ccccc1CNS(=O)(=O)c1c[nH]ccc1=O. The van der Waals surface area contributed by atoms with Crippen LogP contribution < -0.4 is 14.9 Å². The van der Waals surface area contributed by atoms with Gasteiger partial charge in [0.15, 0.2) is 0 Å². The van der Waals surface area contributed by atoms with Gasteiger partial charge < -0.3 is 9.72 Å². The maximum Gasteiger partial charge on any atom is 0.246 e. The molecule has 0 aliphatic rings. The molecule has 6 nitrogen and oxygen atoms in total. The first-order chi connectivity index (χ1) is 9.54.